The molecule has 1 fully saturated rings. The summed E-state index contributed by atoms with van der Waals surface area (Å²) in [5.41, 5.74) is 2.85. The Morgan fingerprint density at radius 2 is 1.60 bits per heavy atom. The van der Waals surface area contributed by atoms with E-state index in [9.17, 15) is 9.59 Å². The number of aromatic amines is 1. The summed E-state index contributed by atoms with van der Waals surface area (Å²) >= 11 is 0. The van der Waals surface area contributed by atoms with Crippen molar-refractivity contribution < 1.29 is 73.3 Å². The van der Waals surface area contributed by atoms with Crippen molar-refractivity contribution >= 4 is 17.9 Å². The van der Waals surface area contributed by atoms with Crippen LogP contribution in [0.2, 0.25) is 0 Å². The van der Waals surface area contributed by atoms with Crippen molar-refractivity contribution in [3.8, 4) is 11.5 Å². The minimum atomic E-state index is -1.06. The molecule has 63 heavy (non-hydrogen) atoms. The van der Waals surface area contributed by atoms with Crippen LogP contribution in [0, 0.1) is 0 Å². The molecule has 0 spiro atoms. The molecule has 2 aromatic carbocycles. The molecule has 4 atom stereocenters. The van der Waals surface area contributed by atoms with Crippen LogP contribution in [0.1, 0.15) is 86.8 Å². The molecule has 0 bridgehead atoms. The van der Waals surface area contributed by atoms with Crippen LogP contribution in [-0.2, 0) is 40.0 Å². The van der Waals surface area contributed by atoms with Gasteiger partial charge in [0.2, 0.25) is 0 Å². The maximum atomic E-state index is 14.1. The van der Waals surface area contributed by atoms with E-state index in [1.807, 2.05) is 36.4 Å². The van der Waals surface area contributed by atoms with E-state index >= 15 is 0 Å². The molecule has 3 aromatic rings. The third kappa shape index (κ3) is 16.3. The first-order valence-corrected chi connectivity index (χ1v) is 21.0. The van der Waals surface area contributed by atoms with E-state index in [0.29, 0.717) is 63.9 Å². The standard InChI is InChI=1S/C40H60N8O15/c1-55-18-9-16-45-17-23-57-35-15-10-29(24-34(35)45)28-60-37-27-46(39(49)58-19-5-3-7-21-61-47(51)52)31(25-33(37)30-11-13-32(56-2)14-12-30)26-36(38-41-43-44-42-38)63-40(50)59-20-6-4-8-22-62-48(53)54/h10-15,24,31,33,36-37,51-54H,3-9,16-23,25-28H2,1-2H3,(H,41,42,43,44). The Labute approximate surface area is 364 Å². The lowest BCUT2D eigenvalue weighted by molar-refractivity contribution is -0.492. The number of anilines is 1. The number of hydrogen-bond donors (Lipinski definition) is 5. The Hall–Kier alpha value is -4.95. The second-order valence-corrected chi connectivity index (χ2v) is 14.9. The highest BCUT2D eigenvalue weighted by molar-refractivity contribution is 5.68. The van der Waals surface area contributed by atoms with E-state index in [-0.39, 0.29) is 68.5 Å². The zero-order valence-corrected chi connectivity index (χ0v) is 35.7. The van der Waals surface area contributed by atoms with Crippen LogP contribution in [0.15, 0.2) is 42.5 Å². The van der Waals surface area contributed by atoms with Gasteiger partial charge in [-0.2, -0.15) is 0 Å². The quantitative estimate of drug-likeness (QED) is 0.0384. The minimum Gasteiger partial charge on any atom is -0.497 e. The third-order valence-corrected chi connectivity index (χ3v) is 10.6. The molecule has 0 saturated carbocycles. The van der Waals surface area contributed by atoms with Gasteiger partial charge in [-0.25, -0.2) is 14.7 Å². The molecule has 1 saturated heterocycles. The molecule has 3 heterocycles. The van der Waals surface area contributed by atoms with E-state index in [4.69, 9.17) is 54.0 Å². The van der Waals surface area contributed by atoms with Gasteiger partial charge in [-0.3, -0.25) is 30.5 Å². The van der Waals surface area contributed by atoms with E-state index in [1.165, 1.54) is 0 Å². The van der Waals surface area contributed by atoms with Crippen LogP contribution in [-0.4, -0.2) is 155 Å². The van der Waals surface area contributed by atoms with Gasteiger partial charge in [-0.05, 0) is 97.2 Å². The molecule has 0 radical (unpaired) electrons. The molecular weight excluding hydrogens is 832 g/mol. The lowest BCUT2D eigenvalue weighted by atomic mass is 9.81. The third-order valence-electron chi connectivity index (χ3n) is 10.6. The van der Waals surface area contributed by atoms with E-state index < -0.39 is 30.5 Å². The highest BCUT2D eigenvalue weighted by Crippen LogP contribution is 2.39. The number of unbranched alkanes of at least 4 members (excludes halogenated alkanes) is 4. The molecule has 23 heteroatoms. The van der Waals surface area contributed by atoms with Gasteiger partial charge in [-0.15, -0.1) is 5.10 Å². The first-order chi connectivity index (χ1) is 30.6. The molecule has 1 amide bonds. The lowest BCUT2D eigenvalue weighted by Crippen LogP contribution is -2.53. The monoisotopic (exact) mass is 892 g/mol. The molecule has 5 N–H and O–H groups in total. The summed E-state index contributed by atoms with van der Waals surface area (Å²) in [5.74, 6) is 1.38. The number of nitrogens with zero attached hydrogens (tertiary/aromatic N) is 7. The van der Waals surface area contributed by atoms with Crippen LogP contribution in [0.25, 0.3) is 0 Å². The Morgan fingerprint density at radius 1 is 0.889 bits per heavy atom. The van der Waals surface area contributed by atoms with Gasteiger partial charge >= 0.3 is 12.2 Å². The molecule has 4 unspecified atom stereocenters. The first-order valence-electron chi connectivity index (χ1n) is 21.0. The maximum Gasteiger partial charge on any atom is 0.508 e. The topological polar surface area (TPSA) is 266 Å². The van der Waals surface area contributed by atoms with Gasteiger partial charge in [0.25, 0.3) is 0 Å². The number of methoxy groups -OCH3 is 2. The summed E-state index contributed by atoms with van der Waals surface area (Å²) in [4.78, 5) is 40.2. The van der Waals surface area contributed by atoms with Crippen LogP contribution in [0.5, 0.6) is 11.5 Å². The number of aromatic nitrogens is 4. The molecule has 0 aliphatic carbocycles. The Morgan fingerprint density at radius 3 is 2.27 bits per heavy atom. The Balaban J connectivity index is 1.35. The number of hydrogen-bond acceptors (Lipinski definition) is 21. The van der Waals surface area contributed by atoms with Gasteiger partial charge in [0.1, 0.15) is 18.1 Å². The molecule has 2 aliphatic heterocycles. The van der Waals surface area contributed by atoms with Crippen molar-refractivity contribution in [2.24, 2.45) is 0 Å². The number of ether oxygens (including phenoxy) is 7. The van der Waals surface area contributed by atoms with Gasteiger partial charge in [0.15, 0.2) is 11.9 Å². The zero-order chi connectivity index (χ0) is 44.8. The van der Waals surface area contributed by atoms with Crippen molar-refractivity contribution in [3.05, 3.63) is 59.4 Å². The molecule has 23 nitrogen and oxygen atoms in total. The van der Waals surface area contributed by atoms with Crippen molar-refractivity contribution in [1.29, 1.82) is 0 Å². The molecule has 350 valence electrons. The normalized spacial score (nSPS) is 17.9. The number of benzene rings is 2. The van der Waals surface area contributed by atoms with Crippen LogP contribution >= 0.6 is 0 Å². The fraction of sp³-hybridized carbons (Fsp3) is 0.625. The number of H-pyrrole nitrogens is 1. The number of tetrazole rings is 1. The van der Waals surface area contributed by atoms with Crippen molar-refractivity contribution in [1.82, 2.24) is 36.3 Å². The zero-order valence-electron chi connectivity index (χ0n) is 35.7. The molecule has 1 aromatic heterocycles. The fourth-order valence-electron chi connectivity index (χ4n) is 7.47. The van der Waals surface area contributed by atoms with Crippen molar-refractivity contribution in [2.45, 2.75) is 88.6 Å². The summed E-state index contributed by atoms with van der Waals surface area (Å²) in [5, 5.41) is 48.3. The van der Waals surface area contributed by atoms with Crippen molar-refractivity contribution in [3.63, 3.8) is 0 Å². The summed E-state index contributed by atoms with van der Waals surface area (Å²) in [6.07, 6.45) is 1.22. The van der Waals surface area contributed by atoms with E-state index in [2.05, 4.69) is 41.3 Å². The van der Waals surface area contributed by atoms with E-state index in [0.717, 1.165) is 42.1 Å². The largest absolute Gasteiger partial charge is 0.508 e. The smallest absolute Gasteiger partial charge is 0.497 e. The average Bonchev–Trinajstić information content (AvgIpc) is 3.83. The van der Waals surface area contributed by atoms with Gasteiger partial charge in [0.05, 0.1) is 75.8 Å². The maximum absolute atomic E-state index is 14.1. The number of piperidine rings is 1. The molecular formula is C40H60N8O15. The number of nitrogens with one attached hydrogen (secondary N) is 1. The second-order valence-electron chi connectivity index (χ2n) is 14.9. The summed E-state index contributed by atoms with van der Waals surface area (Å²) in [7, 11) is 3.28. The number of rotatable bonds is 27. The Bertz CT molecular complexity index is 1760. The summed E-state index contributed by atoms with van der Waals surface area (Å²) in [6.45, 7) is 3.38. The first kappa shape index (κ1) is 49.1. The number of likely N-dealkylation sites (tertiary alicyclic amines) is 1. The predicted molar refractivity (Wildman–Crippen MR) is 216 cm³/mol. The average molecular weight is 893 g/mol. The van der Waals surface area contributed by atoms with Gasteiger partial charge < -0.3 is 43.0 Å². The van der Waals surface area contributed by atoms with Crippen LogP contribution in [0.4, 0.5) is 15.3 Å². The fourth-order valence-corrected chi connectivity index (χ4v) is 7.47. The predicted octanol–water partition coefficient (Wildman–Crippen LogP) is 4.97. The molecule has 2 aliphatic rings. The number of amides is 1. The number of carbonyl (C=O) groups is 2. The number of fused-ring (bicyclic) bond motifs is 1. The summed E-state index contributed by atoms with van der Waals surface area (Å²) < 4.78 is 40.4. The van der Waals surface area contributed by atoms with Gasteiger partial charge in [-0.1, -0.05) is 18.2 Å². The van der Waals surface area contributed by atoms with Crippen molar-refractivity contribution in [2.75, 3.05) is 78.4 Å². The number of carbonyl (C=O) groups excluding carboxylic acids is 2. The van der Waals surface area contributed by atoms with Gasteiger partial charge in [0, 0.05) is 38.6 Å². The highest BCUT2D eigenvalue weighted by Gasteiger charge is 2.42. The molecule has 5 rings (SSSR count). The van der Waals surface area contributed by atoms with Crippen LogP contribution < -0.4 is 14.4 Å². The SMILES string of the molecule is COCCCN1CCOc2ccc(COC3CN(C(=O)OCCCCCON(O)O)C(CC(OC(=O)OCCCCCON(O)O)c4nnn[nH]4)CC3c3ccc(OC)cc3)cc21. The van der Waals surface area contributed by atoms with Crippen LogP contribution in [0.3, 0.4) is 0 Å². The van der Waals surface area contributed by atoms with E-state index in [1.54, 1.807) is 19.1 Å². The highest BCUT2D eigenvalue weighted by atomic mass is 17.1. The lowest BCUT2D eigenvalue weighted by Gasteiger charge is -2.44. The summed E-state index contributed by atoms with van der Waals surface area (Å²) in [6, 6.07) is 13.1. The second kappa shape index (κ2) is 26.6. The Kier molecular flexibility index (Phi) is 20.7. The minimum absolute atomic E-state index is 0.0239.